The zero-order valence-electron chi connectivity index (χ0n) is 19.2. The van der Waals surface area contributed by atoms with Crippen LogP contribution in [0, 0.1) is 16.7 Å². The first-order valence-electron chi connectivity index (χ1n) is 11.5. The van der Waals surface area contributed by atoms with E-state index in [2.05, 4.69) is 27.2 Å². The molecule has 0 atom stereocenters. The predicted octanol–water partition coefficient (Wildman–Crippen LogP) is 4.44. The molecule has 2 saturated carbocycles. The zero-order valence-corrected chi connectivity index (χ0v) is 19.2. The van der Waals surface area contributed by atoms with E-state index in [1.165, 1.54) is 6.33 Å². The van der Waals surface area contributed by atoms with Crippen LogP contribution < -0.4 is 21.1 Å². The second-order valence-electron chi connectivity index (χ2n) is 9.34. The van der Waals surface area contributed by atoms with Gasteiger partial charge in [-0.15, -0.1) is 0 Å². The molecule has 2 aliphatic rings. The number of hydrogen-bond donors (Lipinski definition) is 3. The number of carbonyl (C=O) groups is 1. The van der Waals surface area contributed by atoms with E-state index < -0.39 is 0 Å². The summed E-state index contributed by atoms with van der Waals surface area (Å²) in [6.45, 7) is 3.47. The number of nitrogen functional groups attached to an aromatic ring is 1. The fourth-order valence-corrected chi connectivity index (χ4v) is 5.13. The topological polar surface area (TPSA) is 126 Å². The van der Waals surface area contributed by atoms with Crippen LogP contribution in [0.1, 0.15) is 25.7 Å². The largest absolute Gasteiger partial charge is 0.457 e. The smallest absolute Gasteiger partial charge is 0.261 e. The lowest BCUT2D eigenvalue weighted by Gasteiger charge is -2.58. The van der Waals surface area contributed by atoms with Crippen molar-refractivity contribution in [1.82, 2.24) is 15.3 Å². The van der Waals surface area contributed by atoms with Crippen molar-refractivity contribution in [1.29, 1.82) is 5.26 Å². The Morgan fingerprint density at radius 3 is 2.37 bits per heavy atom. The van der Waals surface area contributed by atoms with Crippen LogP contribution in [-0.4, -0.2) is 28.0 Å². The van der Waals surface area contributed by atoms with Gasteiger partial charge in [0.1, 0.15) is 41.1 Å². The van der Waals surface area contributed by atoms with Crippen molar-refractivity contribution in [2.24, 2.45) is 5.41 Å². The third kappa shape index (κ3) is 4.66. The van der Waals surface area contributed by atoms with Crippen LogP contribution in [0.3, 0.4) is 0 Å². The Morgan fingerprint density at radius 1 is 1.03 bits per heavy atom. The molecule has 5 rings (SSSR count). The summed E-state index contributed by atoms with van der Waals surface area (Å²) in [6, 6.07) is 19.5. The molecule has 8 heteroatoms. The summed E-state index contributed by atoms with van der Waals surface area (Å²) >= 11 is 0. The number of rotatable bonds is 7. The molecule has 176 valence electrons. The van der Waals surface area contributed by atoms with Crippen molar-refractivity contribution in [3.8, 4) is 28.7 Å². The van der Waals surface area contributed by atoms with E-state index in [4.69, 9.17) is 15.7 Å². The van der Waals surface area contributed by atoms with Gasteiger partial charge < -0.3 is 21.1 Å². The highest BCUT2D eigenvalue weighted by atomic mass is 16.5. The van der Waals surface area contributed by atoms with Gasteiger partial charge in [-0.3, -0.25) is 4.79 Å². The minimum atomic E-state index is -0.373. The monoisotopic (exact) mass is 466 g/mol. The highest BCUT2D eigenvalue weighted by Gasteiger charge is 2.53. The van der Waals surface area contributed by atoms with Gasteiger partial charge in [0, 0.05) is 12.1 Å². The maximum absolute atomic E-state index is 11.8. The van der Waals surface area contributed by atoms with Gasteiger partial charge in [-0.2, -0.15) is 5.26 Å². The van der Waals surface area contributed by atoms with Crippen LogP contribution in [0.5, 0.6) is 11.5 Å². The molecule has 0 saturated heterocycles. The third-order valence-corrected chi connectivity index (χ3v) is 6.80. The molecule has 0 radical (unpaired) electrons. The average Bonchev–Trinajstić information content (AvgIpc) is 2.82. The first-order chi connectivity index (χ1) is 16.9. The Balaban J connectivity index is 1.21. The summed E-state index contributed by atoms with van der Waals surface area (Å²) in [6.07, 6.45) is 5.28. The normalized spacial score (nSPS) is 22.3. The van der Waals surface area contributed by atoms with Crippen molar-refractivity contribution in [3.05, 3.63) is 73.1 Å². The van der Waals surface area contributed by atoms with Crippen LogP contribution in [0.25, 0.3) is 11.1 Å². The van der Waals surface area contributed by atoms with Crippen LogP contribution in [-0.2, 0) is 4.79 Å². The van der Waals surface area contributed by atoms with Crippen molar-refractivity contribution in [2.75, 3.05) is 11.1 Å². The van der Waals surface area contributed by atoms with Crippen LogP contribution in [0.4, 0.5) is 11.6 Å². The Bertz CT molecular complexity index is 1290. The summed E-state index contributed by atoms with van der Waals surface area (Å²) in [4.78, 5) is 20.5. The summed E-state index contributed by atoms with van der Waals surface area (Å²) < 4.78 is 5.89. The molecule has 2 aliphatic carbocycles. The summed E-state index contributed by atoms with van der Waals surface area (Å²) in [5.41, 5.74) is 8.11. The molecule has 1 aromatic heterocycles. The van der Waals surface area contributed by atoms with Crippen LogP contribution >= 0.6 is 0 Å². The molecular formula is C27H26N6O2. The van der Waals surface area contributed by atoms with Crippen molar-refractivity contribution >= 4 is 17.5 Å². The minimum absolute atomic E-state index is 0.0485. The Kier molecular flexibility index (Phi) is 5.83. The fraction of sp³-hybridized carbons (Fsp3) is 0.259. The van der Waals surface area contributed by atoms with E-state index in [-0.39, 0.29) is 29.0 Å². The molecule has 4 N–H and O–H groups in total. The van der Waals surface area contributed by atoms with Gasteiger partial charge in [0.05, 0.1) is 5.56 Å². The molecule has 0 bridgehead atoms. The minimum Gasteiger partial charge on any atom is -0.457 e. The number of carbonyl (C=O) groups excluding carboxylic acids is 1. The Labute approximate surface area is 203 Å². The molecule has 35 heavy (non-hydrogen) atoms. The number of hydrogen-bond acceptors (Lipinski definition) is 7. The lowest BCUT2D eigenvalue weighted by Crippen LogP contribution is -2.59. The van der Waals surface area contributed by atoms with Gasteiger partial charge in [0.2, 0.25) is 0 Å². The molecule has 3 aromatic rings. The Morgan fingerprint density at radius 2 is 1.69 bits per heavy atom. The molecule has 0 unspecified atom stereocenters. The third-order valence-electron chi connectivity index (χ3n) is 6.80. The first-order valence-corrected chi connectivity index (χ1v) is 11.5. The number of anilines is 2. The second kappa shape index (κ2) is 9.11. The highest BCUT2D eigenvalue weighted by Crippen LogP contribution is 2.56. The SMILES string of the molecule is C=C(C#N)C(=O)NC1CC2(C1)CC(Nc1ncnc(N)c1-c1ccc(Oc3ccccc3)cc1)C2. The van der Waals surface area contributed by atoms with Gasteiger partial charge in [-0.05, 0) is 60.9 Å². The molecular weight excluding hydrogens is 440 g/mol. The van der Waals surface area contributed by atoms with E-state index >= 15 is 0 Å². The Hall–Kier alpha value is -4.38. The first kappa shape index (κ1) is 22.4. The van der Waals surface area contributed by atoms with Gasteiger partial charge >= 0.3 is 0 Å². The number of nitrogens with zero attached hydrogens (tertiary/aromatic N) is 3. The standard InChI is InChI=1S/C27H26N6O2/c1-17(15-28)26(34)33-20-13-27(14-20)11-19(12-27)32-25-23(24(29)30-16-31-25)18-7-9-22(10-8-18)35-21-5-3-2-4-6-21/h2-10,16,19-20H,1,11-14H2,(H,33,34)(H3,29,30,31,32). The molecule has 2 fully saturated rings. The van der Waals surface area contributed by atoms with E-state index in [0.717, 1.165) is 48.3 Å². The van der Waals surface area contributed by atoms with E-state index in [1.54, 1.807) is 6.07 Å². The lowest BCUT2D eigenvalue weighted by molar-refractivity contribution is -0.120. The number of nitrogens with two attached hydrogens (primary N) is 1. The fourth-order valence-electron chi connectivity index (χ4n) is 5.13. The molecule has 1 amide bonds. The summed E-state index contributed by atoms with van der Waals surface area (Å²) in [5, 5.41) is 15.2. The molecule has 8 nitrogen and oxygen atoms in total. The van der Waals surface area contributed by atoms with E-state index in [9.17, 15) is 4.79 Å². The van der Waals surface area contributed by atoms with E-state index in [1.807, 2.05) is 54.6 Å². The number of nitriles is 1. The van der Waals surface area contributed by atoms with Gasteiger partial charge in [-0.25, -0.2) is 9.97 Å². The van der Waals surface area contributed by atoms with Crippen LogP contribution in [0.2, 0.25) is 0 Å². The predicted molar refractivity (Wildman–Crippen MR) is 133 cm³/mol. The number of benzene rings is 2. The van der Waals surface area contributed by atoms with E-state index in [0.29, 0.717) is 11.6 Å². The number of ether oxygens (including phenoxy) is 1. The summed E-state index contributed by atoms with van der Waals surface area (Å²) in [5.74, 6) is 2.26. The number of nitrogens with one attached hydrogen (secondary N) is 2. The maximum atomic E-state index is 11.8. The van der Waals surface area contributed by atoms with Gasteiger partial charge in [-0.1, -0.05) is 36.9 Å². The number of aromatic nitrogens is 2. The second-order valence-corrected chi connectivity index (χ2v) is 9.34. The molecule has 1 heterocycles. The van der Waals surface area contributed by atoms with Crippen LogP contribution in [0.15, 0.2) is 73.1 Å². The molecule has 2 aromatic carbocycles. The number of para-hydroxylation sites is 1. The maximum Gasteiger partial charge on any atom is 0.261 e. The highest BCUT2D eigenvalue weighted by molar-refractivity contribution is 5.96. The molecule has 0 aliphatic heterocycles. The van der Waals surface area contributed by atoms with Crippen molar-refractivity contribution in [2.45, 2.75) is 37.8 Å². The van der Waals surface area contributed by atoms with Crippen molar-refractivity contribution in [3.63, 3.8) is 0 Å². The molecule has 1 spiro atoms. The lowest BCUT2D eigenvalue weighted by atomic mass is 9.52. The van der Waals surface area contributed by atoms with Crippen molar-refractivity contribution < 1.29 is 9.53 Å². The quantitative estimate of drug-likeness (QED) is 0.347. The zero-order chi connectivity index (χ0) is 24.4. The number of amides is 1. The summed E-state index contributed by atoms with van der Waals surface area (Å²) in [7, 11) is 0. The van der Waals surface area contributed by atoms with Gasteiger partial charge in [0.25, 0.3) is 5.91 Å². The van der Waals surface area contributed by atoms with Gasteiger partial charge in [0.15, 0.2) is 0 Å². The average molecular weight is 467 g/mol.